The maximum Gasteiger partial charge on any atom is 0.220 e. The van der Waals surface area contributed by atoms with Crippen LogP contribution in [-0.4, -0.2) is 11.8 Å². The lowest BCUT2D eigenvalue weighted by Gasteiger charge is -2.18. The fourth-order valence-corrected chi connectivity index (χ4v) is 1.92. The van der Waals surface area contributed by atoms with Gasteiger partial charge in [-0.25, -0.2) is 0 Å². The number of halogens is 1. The SMILES string of the molecule is CCCC(NC(=O)CCCCl)c1ccccc1. The average Bonchev–Trinajstić information content (AvgIpc) is 2.37. The van der Waals surface area contributed by atoms with E-state index in [1.165, 1.54) is 5.56 Å². The molecule has 0 radical (unpaired) electrons. The molecule has 0 bridgehead atoms. The summed E-state index contributed by atoms with van der Waals surface area (Å²) in [5.41, 5.74) is 1.17. The van der Waals surface area contributed by atoms with Gasteiger partial charge in [-0.15, -0.1) is 11.6 Å². The number of benzene rings is 1. The summed E-state index contributed by atoms with van der Waals surface area (Å²) in [6, 6.07) is 10.2. The molecule has 2 nitrogen and oxygen atoms in total. The van der Waals surface area contributed by atoms with Gasteiger partial charge in [0.15, 0.2) is 0 Å². The minimum Gasteiger partial charge on any atom is -0.349 e. The lowest BCUT2D eigenvalue weighted by molar-refractivity contribution is -0.121. The largest absolute Gasteiger partial charge is 0.349 e. The summed E-state index contributed by atoms with van der Waals surface area (Å²) in [7, 11) is 0. The number of alkyl halides is 1. The molecule has 0 saturated carbocycles. The van der Waals surface area contributed by atoms with Gasteiger partial charge in [0.05, 0.1) is 6.04 Å². The zero-order chi connectivity index (χ0) is 12.5. The Hall–Kier alpha value is -1.02. The Labute approximate surface area is 108 Å². The molecule has 1 atom stereocenters. The fourth-order valence-electron chi connectivity index (χ4n) is 1.79. The molecule has 0 fully saturated rings. The first-order chi connectivity index (χ1) is 8.27. The molecule has 0 spiro atoms. The maximum atomic E-state index is 11.7. The maximum absolute atomic E-state index is 11.7. The van der Waals surface area contributed by atoms with Crippen LogP contribution in [0.2, 0.25) is 0 Å². The van der Waals surface area contributed by atoms with Crippen molar-refractivity contribution in [1.29, 1.82) is 0 Å². The summed E-state index contributed by atoms with van der Waals surface area (Å²) in [5.74, 6) is 0.630. The zero-order valence-electron chi connectivity index (χ0n) is 10.3. The number of hydrogen-bond acceptors (Lipinski definition) is 1. The van der Waals surface area contributed by atoms with Crippen molar-refractivity contribution >= 4 is 17.5 Å². The van der Waals surface area contributed by atoms with Gasteiger partial charge in [-0.05, 0) is 18.4 Å². The van der Waals surface area contributed by atoms with Gasteiger partial charge in [0.1, 0.15) is 0 Å². The van der Waals surface area contributed by atoms with Gasteiger partial charge in [-0.1, -0.05) is 43.7 Å². The van der Waals surface area contributed by atoms with Crippen LogP contribution in [0.15, 0.2) is 30.3 Å². The highest BCUT2D eigenvalue weighted by molar-refractivity contribution is 6.17. The summed E-state index contributed by atoms with van der Waals surface area (Å²) in [5, 5.41) is 3.07. The van der Waals surface area contributed by atoms with E-state index in [9.17, 15) is 4.79 Å². The smallest absolute Gasteiger partial charge is 0.220 e. The summed E-state index contributed by atoms with van der Waals surface area (Å²) >= 11 is 5.58. The van der Waals surface area contributed by atoms with E-state index in [1.54, 1.807) is 0 Å². The van der Waals surface area contributed by atoms with Crippen LogP contribution in [0.4, 0.5) is 0 Å². The summed E-state index contributed by atoms with van der Waals surface area (Å²) < 4.78 is 0. The highest BCUT2D eigenvalue weighted by atomic mass is 35.5. The third-order valence-corrected chi connectivity index (χ3v) is 2.92. The van der Waals surface area contributed by atoms with E-state index in [4.69, 9.17) is 11.6 Å². The van der Waals surface area contributed by atoms with Crippen molar-refractivity contribution in [3.63, 3.8) is 0 Å². The van der Waals surface area contributed by atoms with Crippen LogP contribution in [0, 0.1) is 0 Å². The van der Waals surface area contributed by atoms with E-state index in [0.717, 1.165) is 19.3 Å². The minimum absolute atomic E-state index is 0.0907. The molecular formula is C14H20ClNO. The van der Waals surface area contributed by atoms with Gasteiger partial charge in [-0.3, -0.25) is 4.79 Å². The van der Waals surface area contributed by atoms with Gasteiger partial charge < -0.3 is 5.32 Å². The molecule has 1 amide bonds. The lowest BCUT2D eigenvalue weighted by Crippen LogP contribution is -2.28. The first kappa shape index (κ1) is 14.0. The molecule has 0 heterocycles. The average molecular weight is 254 g/mol. The van der Waals surface area contributed by atoms with Crippen molar-refractivity contribution in [2.24, 2.45) is 0 Å². The van der Waals surface area contributed by atoms with Gasteiger partial charge in [0.2, 0.25) is 5.91 Å². The third-order valence-electron chi connectivity index (χ3n) is 2.65. The van der Waals surface area contributed by atoms with Gasteiger partial charge >= 0.3 is 0 Å². The molecule has 0 aromatic heterocycles. The predicted molar refractivity (Wildman–Crippen MR) is 72.2 cm³/mol. The molecular weight excluding hydrogens is 234 g/mol. The predicted octanol–water partition coefficient (Wildman–Crippen LogP) is 3.66. The van der Waals surface area contributed by atoms with Crippen molar-refractivity contribution in [1.82, 2.24) is 5.32 Å². The number of carbonyl (C=O) groups excluding carboxylic acids is 1. The van der Waals surface area contributed by atoms with Crippen LogP contribution in [-0.2, 0) is 4.79 Å². The Bertz CT molecular complexity index is 326. The van der Waals surface area contributed by atoms with E-state index in [0.29, 0.717) is 12.3 Å². The molecule has 1 aromatic rings. The van der Waals surface area contributed by atoms with Crippen LogP contribution >= 0.6 is 11.6 Å². The Morgan fingerprint density at radius 3 is 2.65 bits per heavy atom. The van der Waals surface area contributed by atoms with Crippen molar-refractivity contribution < 1.29 is 4.79 Å². The van der Waals surface area contributed by atoms with Crippen LogP contribution in [0.25, 0.3) is 0 Å². The van der Waals surface area contributed by atoms with Crippen molar-refractivity contribution in [2.45, 2.75) is 38.6 Å². The second kappa shape index (κ2) is 8.13. The van der Waals surface area contributed by atoms with E-state index >= 15 is 0 Å². The van der Waals surface area contributed by atoms with Crippen LogP contribution in [0.3, 0.4) is 0 Å². The highest BCUT2D eigenvalue weighted by Crippen LogP contribution is 2.18. The van der Waals surface area contributed by atoms with Crippen LogP contribution < -0.4 is 5.32 Å². The van der Waals surface area contributed by atoms with Gasteiger partial charge in [0.25, 0.3) is 0 Å². The molecule has 1 aromatic carbocycles. The lowest BCUT2D eigenvalue weighted by atomic mass is 10.0. The van der Waals surface area contributed by atoms with Crippen molar-refractivity contribution in [3.8, 4) is 0 Å². The minimum atomic E-state index is 0.0907. The summed E-state index contributed by atoms with van der Waals surface area (Å²) in [6.07, 6.45) is 3.27. The molecule has 0 aliphatic heterocycles. The Morgan fingerprint density at radius 2 is 2.06 bits per heavy atom. The molecule has 94 valence electrons. The molecule has 3 heteroatoms. The van der Waals surface area contributed by atoms with Crippen molar-refractivity contribution in [2.75, 3.05) is 5.88 Å². The molecule has 0 aliphatic rings. The quantitative estimate of drug-likeness (QED) is 0.739. The van der Waals surface area contributed by atoms with Gasteiger partial charge in [-0.2, -0.15) is 0 Å². The summed E-state index contributed by atoms with van der Waals surface area (Å²) in [6.45, 7) is 2.13. The summed E-state index contributed by atoms with van der Waals surface area (Å²) in [4.78, 5) is 11.7. The molecule has 0 aliphatic carbocycles. The Kier molecular flexibility index (Phi) is 6.71. The van der Waals surface area contributed by atoms with E-state index in [-0.39, 0.29) is 11.9 Å². The normalized spacial score (nSPS) is 12.1. The third kappa shape index (κ3) is 5.22. The molecule has 17 heavy (non-hydrogen) atoms. The van der Waals surface area contributed by atoms with E-state index < -0.39 is 0 Å². The molecule has 1 rings (SSSR count). The van der Waals surface area contributed by atoms with Gasteiger partial charge in [0, 0.05) is 12.3 Å². The Balaban J connectivity index is 2.57. The highest BCUT2D eigenvalue weighted by Gasteiger charge is 2.12. The zero-order valence-corrected chi connectivity index (χ0v) is 11.0. The molecule has 0 saturated heterocycles. The fraction of sp³-hybridized carbons (Fsp3) is 0.500. The number of hydrogen-bond donors (Lipinski definition) is 1. The molecule has 1 N–H and O–H groups in total. The monoisotopic (exact) mass is 253 g/mol. The number of rotatable bonds is 7. The topological polar surface area (TPSA) is 29.1 Å². The standard InChI is InChI=1S/C14H20ClNO/c1-2-7-13(12-8-4-3-5-9-12)16-14(17)10-6-11-15/h3-5,8-9,13H,2,6-7,10-11H2,1H3,(H,16,17). The number of amides is 1. The first-order valence-electron chi connectivity index (χ1n) is 6.18. The number of nitrogens with one attached hydrogen (secondary N) is 1. The molecule has 1 unspecified atom stereocenters. The van der Waals surface area contributed by atoms with E-state index in [1.807, 2.05) is 18.2 Å². The number of carbonyl (C=O) groups is 1. The van der Waals surface area contributed by atoms with Crippen LogP contribution in [0.1, 0.15) is 44.2 Å². The second-order valence-electron chi connectivity index (χ2n) is 4.11. The second-order valence-corrected chi connectivity index (χ2v) is 4.49. The van der Waals surface area contributed by atoms with E-state index in [2.05, 4.69) is 24.4 Å². The Morgan fingerprint density at radius 1 is 1.35 bits per heavy atom. The van der Waals surface area contributed by atoms with Crippen molar-refractivity contribution in [3.05, 3.63) is 35.9 Å². The first-order valence-corrected chi connectivity index (χ1v) is 6.71. The van der Waals surface area contributed by atoms with Crippen LogP contribution in [0.5, 0.6) is 0 Å².